The first-order chi connectivity index (χ1) is 11.8. The lowest BCUT2D eigenvalue weighted by molar-refractivity contribution is -0.127. The molecule has 138 valence electrons. The quantitative estimate of drug-likeness (QED) is 0.655. The number of amides is 1. The molecule has 0 saturated carbocycles. The molecule has 1 aromatic carbocycles. The monoisotopic (exact) mass is 348 g/mol. The minimum Gasteiger partial charge on any atom is -0.354 e. The number of benzene rings is 1. The summed E-state index contributed by atoms with van der Waals surface area (Å²) in [5.41, 5.74) is 1.16. The average Bonchev–Trinajstić information content (AvgIpc) is 3.01. The van der Waals surface area contributed by atoms with Crippen LogP contribution in [-0.2, 0) is 11.2 Å². The van der Waals surface area contributed by atoms with Gasteiger partial charge in [-0.25, -0.2) is 9.38 Å². The molecular formula is C19H29FN4O. The van der Waals surface area contributed by atoms with E-state index in [2.05, 4.69) is 29.1 Å². The molecule has 1 saturated heterocycles. The molecule has 6 heteroatoms. The fraction of sp³-hybridized carbons (Fsp3) is 0.579. The summed E-state index contributed by atoms with van der Waals surface area (Å²) < 4.78 is 13.0. The maximum atomic E-state index is 13.0. The van der Waals surface area contributed by atoms with Crippen molar-refractivity contribution in [1.82, 2.24) is 15.1 Å². The second-order valence-corrected chi connectivity index (χ2v) is 7.16. The van der Waals surface area contributed by atoms with Gasteiger partial charge < -0.3 is 15.1 Å². The number of rotatable bonds is 5. The van der Waals surface area contributed by atoms with Crippen LogP contribution in [0.5, 0.6) is 0 Å². The van der Waals surface area contributed by atoms with E-state index in [9.17, 15) is 9.18 Å². The molecule has 5 nitrogen and oxygen atoms in total. The molecule has 1 aliphatic heterocycles. The largest absolute Gasteiger partial charge is 0.354 e. The third-order valence-electron chi connectivity index (χ3n) is 4.30. The Morgan fingerprint density at radius 1 is 1.36 bits per heavy atom. The van der Waals surface area contributed by atoms with E-state index < -0.39 is 0 Å². The Morgan fingerprint density at radius 3 is 2.64 bits per heavy atom. The van der Waals surface area contributed by atoms with Crippen molar-refractivity contribution < 1.29 is 9.18 Å². The maximum Gasteiger partial charge on any atom is 0.243 e. The fourth-order valence-electron chi connectivity index (χ4n) is 2.92. The molecule has 1 N–H and O–H groups in total. The minimum atomic E-state index is -0.196. The molecule has 1 fully saturated rings. The lowest BCUT2D eigenvalue weighted by Crippen LogP contribution is -2.44. The molecule has 0 aromatic heterocycles. The Morgan fingerprint density at radius 2 is 2.04 bits per heavy atom. The molecule has 1 aromatic rings. The number of likely N-dealkylation sites (N-methyl/N-ethyl adjacent to an activating group) is 1. The number of guanidine groups is 1. The van der Waals surface area contributed by atoms with E-state index >= 15 is 0 Å². The number of nitrogens with zero attached hydrogens (tertiary/aromatic N) is 3. The lowest BCUT2D eigenvalue weighted by Gasteiger charge is -2.24. The van der Waals surface area contributed by atoms with Crippen LogP contribution in [0.4, 0.5) is 4.39 Å². The molecule has 1 amide bonds. The van der Waals surface area contributed by atoms with E-state index in [1.54, 1.807) is 19.0 Å². The number of hydrogen-bond donors (Lipinski definition) is 1. The van der Waals surface area contributed by atoms with Crippen LogP contribution in [0.1, 0.15) is 25.8 Å². The van der Waals surface area contributed by atoms with E-state index in [0.717, 1.165) is 37.5 Å². The number of aliphatic imine (C=N–C) groups is 1. The van der Waals surface area contributed by atoms with Gasteiger partial charge in [-0.1, -0.05) is 12.1 Å². The summed E-state index contributed by atoms with van der Waals surface area (Å²) in [6.07, 6.45) is 2.00. The molecule has 1 unspecified atom stereocenters. The maximum absolute atomic E-state index is 13.0. The van der Waals surface area contributed by atoms with Gasteiger partial charge in [0.25, 0.3) is 0 Å². The van der Waals surface area contributed by atoms with Gasteiger partial charge in [0.2, 0.25) is 5.91 Å². The number of hydrogen-bond acceptors (Lipinski definition) is 2. The Hall–Kier alpha value is -2.11. The van der Waals surface area contributed by atoms with Gasteiger partial charge in [-0.15, -0.1) is 0 Å². The highest BCUT2D eigenvalue weighted by Gasteiger charge is 2.25. The van der Waals surface area contributed by atoms with Crippen molar-refractivity contribution in [2.75, 3.05) is 33.7 Å². The highest BCUT2D eigenvalue weighted by Crippen LogP contribution is 2.21. The van der Waals surface area contributed by atoms with Crippen molar-refractivity contribution >= 4 is 11.9 Å². The van der Waals surface area contributed by atoms with E-state index in [4.69, 9.17) is 0 Å². The van der Waals surface area contributed by atoms with Crippen molar-refractivity contribution in [3.05, 3.63) is 35.6 Å². The van der Waals surface area contributed by atoms with Gasteiger partial charge >= 0.3 is 0 Å². The van der Waals surface area contributed by atoms with Gasteiger partial charge in [-0.2, -0.15) is 0 Å². The number of likely N-dealkylation sites (tertiary alicyclic amines) is 1. The molecular weight excluding hydrogens is 319 g/mol. The summed E-state index contributed by atoms with van der Waals surface area (Å²) in [7, 11) is 3.48. The van der Waals surface area contributed by atoms with Crippen LogP contribution in [0.3, 0.4) is 0 Å². The van der Waals surface area contributed by atoms with E-state index in [1.165, 1.54) is 12.1 Å². The van der Waals surface area contributed by atoms with Crippen LogP contribution in [0, 0.1) is 11.7 Å². The highest BCUT2D eigenvalue weighted by molar-refractivity contribution is 5.85. The highest BCUT2D eigenvalue weighted by atomic mass is 19.1. The molecule has 25 heavy (non-hydrogen) atoms. The minimum absolute atomic E-state index is 0.00915. The number of nitrogens with one attached hydrogen (secondary N) is 1. The van der Waals surface area contributed by atoms with Crippen LogP contribution < -0.4 is 5.32 Å². The Kier molecular flexibility index (Phi) is 6.79. The third kappa shape index (κ3) is 6.03. The third-order valence-corrected chi connectivity index (χ3v) is 4.30. The molecule has 0 aliphatic carbocycles. The first-order valence-corrected chi connectivity index (χ1v) is 8.85. The number of carbonyl (C=O) groups excluding carboxylic acids is 1. The van der Waals surface area contributed by atoms with Crippen molar-refractivity contribution in [1.29, 1.82) is 0 Å². The molecule has 1 atom stereocenters. The van der Waals surface area contributed by atoms with Crippen molar-refractivity contribution in [3.63, 3.8) is 0 Å². The van der Waals surface area contributed by atoms with Gasteiger partial charge in [0.05, 0.1) is 0 Å². The van der Waals surface area contributed by atoms with E-state index in [-0.39, 0.29) is 24.3 Å². The Bertz CT molecular complexity index is 598. The van der Waals surface area contributed by atoms with Crippen LogP contribution in [0.25, 0.3) is 0 Å². The van der Waals surface area contributed by atoms with Crippen molar-refractivity contribution in [3.8, 4) is 0 Å². The molecule has 0 spiro atoms. The van der Waals surface area contributed by atoms with Crippen molar-refractivity contribution in [2.24, 2.45) is 10.9 Å². The first-order valence-electron chi connectivity index (χ1n) is 8.85. The van der Waals surface area contributed by atoms with Crippen LogP contribution in [0.15, 0.2) is 29.3 Å². The van der Waals surface area contributed by atoms with Crippen molar-refractivity contribution in [2.45, 2.75) is 32.7 Å². The van der Waals surface area contributed by atoms with Crippen LogP contribution in [0.2, 0.25) is 0 Å². The predicted octanol–water partition coefficient (Wildman–Crippen LogP) is 2.13. The van der Waals surface area contributed by atoms with Gasteiger partial charge in [0.15, 0.2) is 5.96 Å². The molecule has 0 bridgehead atoms. The summed E-state index contributed by atoms with van der Waals surface area (Å²) in [6.45, 7) is 6.10. The summed E-state index contributed by atoms with van der Waals surface area (Å²) >= 11 is 0. The summed E-state index contributed by atoms with van der Waals surface area (Å²) in [5, 5.41) is 3.36. The van der Waals surface area contributed by atoms with Gasteiger partial charge in [0, 0.05) is 33.2 Å². The molecule has 1 aliphatic rings. The molecule has 2 rings (SSSR count). The zero-order chi connectivity index (χ0) is 18.4. The Labute approximate surface area is 149 Å². The average molecular weight is 348 g/mol. The van der Waals surface area contributed by atoms with E-state index in [1.807, 2.05) is 12.1 Å². The van der Waals surface area contributed by atoms with Crippen LogP contribution >= 0.6 is 0 Å². The predicted molar refractivity (Wildman–Crippen MR) is 99.1 cm³/mol. The normalized spacial score (nSPS) is 17.9. The summed E-state index contributed by atoms with van der Waals surface area (Å²) in [5.74, 6) is 1.10. The summed E-state index contributed by atoms with van der Waals surface area (Å²) in [6, 6.07) is 7.00. The lowest BCUT2D eigenvalue weighted by atomic mass is 9.99. The van der Waals surface area contributed by atoms with E-state index in [0.29, 0.717) is 5.92 Å². The Balaban J connectivity index is 1.98. The molecule has 0 radical (unpaired) electrons. The molecule has 1 heterocycles. The first kappa shape index (κ1) is 19.2. The zero-order valence-corrected chi connectivity index (χ0v) is 15.6. The fourth-order valence-corrected chi connectivity index (χ4v) is 2.92. The number of halogens is 1. The standard InChI is InChI=1S/C19H29FN4O/c1-14(2)22-19(21-12-18(25)23(3)4)24-10-9-16(13-24)11-15-5-7-17(20)8-6-15/h5-8,14,16H,9-13H2,1-4H3,(H,21,22). The second-order valence-electron chi connectivity index (χ2n) is 7.16. The topological polar surface area (TPSA) is 47.9 Å². The SMILES string of the molecule is CC(C)NC(=NCC(=O)N(C)C)N1CCC(Cc2ccc(F)cc2)C1. The smallest absolute Gasteiger partial charge is 0.243 e. The van der Waals surface area contributed by atoms with Gasteiger partial charge in [0.1, 0.15) is 12.4 Å². The van der Waals surface area contributed by atoms with Crippen LogP contribution in [-0.4, -0.2) is 61.4 Å². The second kappa shape index (κ2) is 8.83. The van der Waals surface area contributed by atoms with Gasteiger partial charge in [-0.3, -0.25) is 4.79 Å². The van der Waals surface area contributed by atoms with Gasteiger partial charge in [-0.05, 0) is 50.3 Å². The zero-order valence-electron chi connectivity index (χ0n) is 15.6. The summed E-state index contributed by atoms with van der Waals surface area (Å²) in [4.78, 5) is 20.1. The number of carbonyl (C=O) groups is 1.